The summed E-state index contributed by atoms with van der Waals surface area (Å²) in [5.41, 5.74) is 3.12. The molecule has 1 aromatic heterocycles. The first-order valence-corrected chi connectivity index (χ1v) is 9.36. The predicted molar refractivity (Wildman–Crippen MR) is 107 cm³/mol. The Morgan fingerprint density at radius 3 is 2.69 bits per heavy atom. The Balaban J connectivity index is 1.44. The Morgan fingerprint density at radius 2 is 1.88 bits per heavy atom. The summed E-state index contributed by atoms with van der Waals surface area (Å²) in [6, 6.07) is 15.4. The van der Waals surface area contributed by atoms with Gasteiger partial charge in [0.25, 0.3) is 5.91 Å². The third-order valence-corrected chi connectivity index (χ3v) is 5.02. The van der Waals surface area contributed by atoms with Crippen molar-refractivity contribution in [2.75, 3.05) is 18.0 Å². The molecule has 0 aliphatic carbocycles. The summed E-state index contributed by atoms with van der Waals surface area (Å²) in [5, 5.41) is 6.14. The number of anilines is 1. The van der Waals surface area contributed by atoms with Gasteiger partial charge >= 0.3 is 0 Å². The number of fused-ring (bicyclic) bond motifs is 1. The van der Waals surface area contributed by atoms with Crippen LogP contribution in [0.25, 0.3) is 10.8 Å². The van der Waals surface area contributed by atoms with E-state index in [2.05, 4.69) is 31.4 Å². The topological polar surface area (TPSA) is 57.8 Å². The molecule has 6 heteroatoms. The van der Waals surface area contributed by atoms with Crippen LogP contribution < -0.4 is 10.3 Å². The molecule has 0 spiro atoms. The molecule has 1 amide bonds. The minimum atomic E-state index is -0.252. The largest absolute Gasteiger partial charge is 0.438 e. The quantitative estimate of drug-likeness (QED) is 0.505. The van der Waals surface area contributed by atoms with Crippen LogP contribution in [0, 0.1) is 0 Å². The standard InChI is InChI=1S/C20H18BrN3O2/c21-18-12-17(26-20(18)24-9-3-4-10-24)13-22-23-19(25)16-8-7-14-5-1-2-6-15(14)11-16/h1-2,5-8,11-13H,3-4,9-10H2,(H,23,25)/b22-13-. The van der Waals surface area contributed by atoms with Crippen LogP contribution in [0.1, 0.15) is 29.0 Å². The van der Waals surface area contributed by atoms with E-state index in [0.717, 1.165) is 34.2 Å². The number of rotatable bonds is 4. The minimum absolute atomic E-state index is 0.252. The van der Waals surface area contributed by atoms with Crippen LogP contribution in [-0.2, 0) is 0 Å². The van der Waals surface area contributed by atoms with Gasteiger partial charge in [-0.25, -0.2) is 5.43 Å². The van der Waals surface area contributed by atoms with Gasteiger partial charge in [0, 0.05) is 24.7 Å². The molecule has 1 aliphatic heterocycles. The van der Waals surface area contributed by atoms with E-state index in [-0.39, 0.29) is 5.91 Å². The summed E-state index contributed by atoms with van der Waals surface area (Å²) >= 11 is 3.52. The monoisotopic (exact) mass is 411 g/mol. The summed E-state index contributed by atoms with van der Waals surface area (Å²) in [4.78, 5) is 14.5. The van der Waals surface area contributed by atoms with Crippen LogP contribution in [-0.4, -0.2) is 25.2 Å². The van der Waals surface area contributed by atoms with Gasteiger partial charge in [-0.1, -0.05) is 30.3 Å². The van der Waals surface area contributed by atoms with Crippen LogP contribution in [0.4, 0.5) is 5.88 Å². The van der Waals surface area contributed by atoms with Crippen LogP contribution in [0.2, 0.25) is 0 Å². The van der Waals surface area contributed by atoms with E-state index in [1.54, 1.807) is 6.07 Å². The maximum Gasteiger partial charge on any atom is 0.271 e. The molecule has 1 saturated heterocycles. The molecule has 3 aromatic rings. The number of nitrogens with one attached hydrogen (secondary N) is 1. The first-order valence-electron chi connectivity index (χ1n) is 8.57. The lowest BCUT2D eigenvalue weighted by molar-refractivity contribution is 0.0955. The fourth-order valence-corrected chi connectivity index (χ4v) is 3.68. The number of nitrogens with zero attached hydrogens (tertiary/aromatic N) is 2. The molecule has 26 heavy (non-hydrogen) atoms. The highest BCUT2D eigenvalue weighted by atomic mass is 79.9. The number of furan rings is 1. The second-order valence-corrected chi connectivity index (χ2v) is 7.11. The van der Waals surface area contributed by atoms with Gasteiger partial charge in [0.05, 0.1) is 10.7 Å². The number of hydrazone groups is 1. The molecule has 2 heterocycles. The van der Waals surface area contributed by atoms with E-state index in [4.69, 9.17) is 4.42 Å². The smallest absolute Gasteiger partial charge is 0.271 e. The van der Waals surface area contributed by atoms with Gasteiger partial charge in [0.1, 0.15) is 0 Å². The Labute approximate surface area is 159 Å². The van der Waals surface area contributed by atoms with Crippen LogP contribution in [0.15, 0.2) is 62.5 Å². The highest BCUT2D eigenvalue weighted by molar-refractivity contribution is 9.10. The Bertz CT molecular complexity index is 974. The number of hydrogen-bond acceptors (Lipinski definition) is 4. The van der Waals surface area contributed by atoms with Crippen molar-refractivity contribution in [3.63, 3.8) is 0 Å². The molecule has 1 N–H and O–H groups in total. The number of halogens is 1. The van der Waals surface area contributed by atoms with Crippen molar-refractivity contribution in [1.82, 2.24) is 5.43 Å². The molecular weight excluding hydrogens is 394 g/mol. The van der Waals surface area contributed by atoms with Gasteiger partial charge in [-0.05, 0) is 51.7 Å². The van der Waals surface area contributed by atoms with Crippen molar-refractivity contribution < 1.29 is 9.21 Å². The highest BCUT2D eigenvalue weighted by Crippen LogP contribution is 2.31. The number of amides is 1. The van der Waals surface area contributed by atoms with Crippen molar-refractivity contribution in [3.8, 4) is 0 Å². The van der Waals surface area contributed by atoms with E-state index in [1.165, 1.54) is 19.1 Å². The molecule has 4 rings (SSSR count). The maximum atomic E-state index is 12.3. The minimum Gasteiger partial charge on any atom is -0.438 e. The fraction of sp³-hybridized carbons (Fsp3) is 0.200. The van der Waals surface area contributed by atoms with Gasteiger partial charge < -0.3 is 9.32 Å². The lowest BCUT2D eigenvalue weighted by Crippen LogP contribution is -2.17. The van der Waals surface area contributed by atoms with Crippen LogP contribution >= 0.6 is 15.9 Å². The summed E-state index contributed by atoms with van der Waals surface area (Å²) in [7, 11) is 0. The van der Waals surface area contributed by atoms with Gasteiger partial charge in [-0.15, -0.1) is 0 Å². The molecular formula is C20H18BrN3O2. The molecule has 1 aliphatic rings. The summed E-state index contributed by atoms with van der Waals surface area (Å²) < 4.78 is 6.73. The van der Waals surface area contributed by atoms with Crippen molar-refractivity contribution in [1.29, 1.82) is 0 Å². The van der Waals surface area contributed by atoms with Gasteiger partial charge in [-0.3, -0.25) is 4.79 Å². The second kappa shape index (κ2) is 7.33. The number of carbonyl (C=O) groups is 1. The van der Waals surface area contributed by atoms with E-state index in [1.807, 2.05) is 42.5 Å². The molecule has 0 saturated carbocycles. The molecule has 0 unspecified atom stereocenters. The number of hydrogen-bond donors (Lipinski definition) is 1. The number of benzene rings is 2. The SMILES string of the molecule is O=C(N/N=C\c1cc(Br)c(N2CCCC2)o1)c1ccc2ccccc2c1. The third kappa shape index (κ3) is 3.51. The first-order chi connectivity index (χ1) is 12.7. The van der Waals surface area contributed by atoms with E-state index >= 15 is 0 Å². The zero-order valence-electron chi connectivity index (χ0n) is 14.1. The summed E-state index contributed by atoms with van der Waals surface area (Å²) in [5.74, 6) is 1.17. The van der Waals surface area contributed by atoms with Gasteiger partial charge in [-0.2, -0.15) is 5.10 Å². The molecule has 0 atom stereocenters. The van der Waals surface area contributed by atoms with Gasteiger partial charge in [0.2, 0.25) is 5.88 Å². The Hall–Kier alpha value is -2.60. The zero-order chi connectivity index (χ0) is 17.9. The van der Waals surface area contributed by atoms with Crippen LogP contribution in [0.3, 0.4) is 0 Å². The lowest BCUT2D eigenvalue weighted by Gasteiger charge is -2.13. The van der Waals surface area contributed by atoms with Crippen molar-refractivity contribution in [3.05, 3.63) is 64.3 Å². The van der Waals surface area contributed by atoms with Crippen molar-refractivity contribution in [2.24, 2.45) is 5.10 Å². The number of carbonyl (C=O) groups excluding carboxylic acids is 1. The van der Waals surface area contributed by atoms with Crippen LogP contribution in [0.5, 0.6) is 0 Å². The third-order valence-electron chi connectivity index (χ3n) is 4.45. The van der Waals surface area contributed by atoms with E-state index in [0.29, 0.717) is 11.3 Å². The van der Waals surface area contributed by atoms with Gasteiger partial charge in [0.15, 0.2) is 5.76 Å². The zero-order valence-corrected chi connectivity index (χ0v) is 15.7. The molecule has 5 nitrogen and oxygen atoms in total. The Kier molecular flexibility index (Phi) is 4.75. The molecule has 2 aromatic carbocycles. The Morgan fingerprint density at radius 1 is 1.12 bits per heavy atom. The maximum absolute atomic E-state index is 12.3. The second-order valence-electron chi connectivity index (χ2n) is 6.26. The molecule has 1 fully saturated rings. The van der Waals surface area contributed by atoms with E-state index in [9.17, 15) is 4.79 Å². The molecule has 0 radical (unpaired) electrons. The van der Waals surface area contributed by atoms with E-state index < -0.39 is 0 Å². The summed E-state index contributed by atoms with van der Waals surface area (Å²) in [6.07, 6.45) is 3.88. The fourth-order valence-electron chi connectivity index (χ4n) is 3.13. The first kappa shape index (κ1) is 16.8. The lowest BCUT2D eigenvalue weighted by atomic mass is 10.1. The average Bonchev–Trinajstić information content (AvgIpc) is 3.30. The molecule has 0 bridgehead atoms. The summed E-state index contributed by atoms with van der Waals surface area (Å²) in [6.45, 7) is 2.00. The normalized spacial score (nSPS) is 14.4. The van der Waals surface area contributed by atoms with Crippen molar-refractivity contribution in [2.45, 2.75) is 12.8 Å². The molecule has 132 valence electrons. The highest BCUT2D eigenvalue weighted by Gasteiger charge is 2.19. The van der Waals surface area contributed by atoms with Crippen molar-refractivity contribution >= 4 is 44.7 Å². The average molecular weight is 412 g/mol. The predicted octanol–water partition coefficient (Wildman–Crippen LogP) is 4.56.